The Hall–Kier alpha value is -4.46. The number of esters is 1. The first-order valence-corrected chi connectivity index (χ1v) is 11.2. The van der Waals surface area contributed by atoms with Gasteiger partial charge in [0.25, 0.3) is 0 Å². The second kappa shape index (κ2) is 11.3. The highest BCUT2D eigenvalue weighted by molar-refractivity contribution is 5.77. The van der Waals surface area contributed by atoms with Crippen LogP contribution in [0.4, 0.5) is 0 Å². The molecule has 1 aromatic heterocycles. The van der Waals surface area contributed by atoms with Gasteiger partial charge in [0.15, 0.2) is 19.0 Å². The van der Waals surface area contributed by atoms with Gasteiger partial charge in [-0.05, 0) is 79.2 Å². The summed E-state index contributed by atoms with van der Waals surface area (Å²) in [6.07, 6.45) is 0. The predicted molar refractivity (Wildman–Crippen MR) is 134 cm³/mol. The van der Waals surface area contributed by atoms with E-state index in [1.165, 1.54) is 7.11 Å². The Morgan fingerprint density at radius 2 is 1.42 bits per heavy atom. The minimum absolute atomic E-state index is 0.126. The summed E-state index contributed by atoms with van der Waals surface area (Å²) in [4.78, 5) is 16.0. The average Bonchev–Trinajstić information content (AvgIpc) is 3.35. The SMILES string of the molecule is COC(=O)COc1ccc(OCc2nc(-c3ccc(OC)cc3)c(-c3ccc(OC)cc3)o2)cc1C. The zero-order valence-electron chi connectivity index (χ0n) is 20.6. The van der Waals surface area contributed by atoms with Gasteiger partial charge < -0.3 is 28.1 Å². The molecule has 0 saturated carbocycles. The van der Waals surface area contributed by atoms with Crippen LogP contribution in [-0.4, -0.2) is 38.9 Å². The van der Waals surface area contributed by atoms with Crippen molar-refractivity contribution in [3.05, 3.63) is 78.2 Å². The van der Waals surface area contributed by atoms with Gasteiger partial charge in [-0.15, -0.1) is 0 Å². The summed E-state index contributed by atoms with van der Waals surface area (Å²) < 4.78 is 32.7. The van der Waals surface area contributed by atoms with E-state index < -0.39 is 5.97 Å². The molecule has 4 rings (SSSR count). The highest BCUT2D eigenvalue weighted by Gasteiger charge is 2.18. The number of hydrogen-bond acceptors (Lipinski definition) is 8. The van der Waals surface area contributed by atoms with E-state index in [0.717, 1.165) is 28.2 Å². The van der Waals surface area contributed by atoms with Crippen LogP contribution in [0.25, 0.3) is 22.6 Å². The molecule has 0 atom stereocenters. The molecule has 0 aliphatic rings. The van der Waals surface area contributed by atoms with E-state index in [4.69, 9.17) is 28.3 Å². The number of carbonyl (C=O) groups is 1. The quantitative estimate of drug-likeness (QED) is 0.271. The van der Waals surface area contributed by atoms with Crippen molar-refractivity contribution >= 4 is 5.97 Å². The molecule has 0 bridgehead atoms. The lowest BCUT2D eigenvalue weighted by molar-refractivity contribution is -0.142. The van der Waals surface area contributed by atoms with Gasteiger partial charge in [-0.25, -0.2) is 9.78 Å². The molecule has 0 amide bonds. The summed E-state index contributed by atoms with van der Waals surface area (Å²) in [5.74, 6) is 3.31. The molecule has 186 valence electrons. The average molecular weight is 490 g/mol. The van der Waals surface area contributed by atoms with Gasteiger partial charge in [0, 0.05) is 11.1 Å². The molecular weight excluding hydrogens is 462 g/mol. The molecule has 8 nitrogen and oxygen atoms in total. The Labute approximate surface area is 209 Å². The van der Waals surface area contributed by atoms with Gasteiger partial charge >= 0.3 is 5.97 Å². The molecule has 3 aromatic carbocycles. The van der Waals surface area contributed by atoms with Crippen LogP contribution in [0.2, 0.25) is 0 Å². The molecular formula is C28H27NO7. The molecule has 0 aliphatic heterocycles. The molecule has 1 heterocycles. The van der Waals surface area contributed by atoms with Gasteiger partial charge in [0.1, 0.15) is 28.7 Å². The van der Waals surface area contributed by atoms with Crippen LogP contribution in [0, 0.1) is 6.92 Å². The van der Waals surface area contributed by atoms with Crippen LogP contribution in [0.15, 0.2) is 71.1 Å². The third-order valence-electron chi connectivity index (χ3n) is 5.47. The van der Waals surface area contributed by atoms with Crippen molar-refractivity contribution < 1.29 is 32.9 Å². The Morgan fingerprint density at radius 1 is 0.806 bits per heavy atom. The number of oxazole rings is 1. The van der Waals surface area contributed by atoms with Crippen molar-refractivity contribution in [1.82, 2.24) is 4.98 Å². The first kappa shape index (κ1) is 24.7. The number of carbonyl (C=O) groups excluding carboxylic acids is 1. The zero-order valence-corrected chi connectivity index (χ0v) is 20.6. The molecule has 0 unspecified atom stereocenters. The van der Waals surface area contributed by atoms with Gasteiger partial charge in [0.2, 0.25) is 5.89 Å². The molecule has 8 heteroatoms. The third kappa shape index (κ3) is 5.78. The first-order chi connectivity index (χ1) is 17.5. The fourth-order valence-electron chi connectivity index (χ4n) is 3.52. The largest absolute Gasteiger partial charge is 0.497 e. The van der Waals surface area contributed by atoms with Crippen molar-refractivity contribution in [2.45, 2.75) is 13.5 Å². The Morgan fingerprint density at radius 3 is 2.00 bits per heavy atom. The Kier molecular flexibility index (Phi) is 7.75. The number of benzene rings is 3. The minimum atomic E-state index is -0.445. The zero-order chi connectivity index (χ0) is 25.5. The van der Waals surface area contributed by atoms with Gasteiger partial charge in [-0.3, -0.25) is 0 Å². The van der Waals surface area contributed by atoms with Crippen molar-refractivity contribution in [3.63, 3.8) is 0 Å². The lowest BCUT2D eigenvalue weighted by atomic mass is 10.1. The second-order valence-electron chi connectivity index (χ2n) is 7.82. The van der Waals surface area contributed by atoms with Gasteiger partial charge in [-0.2, -0.15) is 0 Å². The normalized spacial score (nSPS) is 10.6. The fourth-order valence-corrected chi connectivity index (χ4v) is 3.52. The van der Waals surface area contributed by atoms with Crippen LogP contribution in [0.5, 0.6) is 23.0 Å². The van der Waals surface area contributed by atoms with E-state index in [0.29, 0.717) is 28.8 Å². The van der Waals surface area contributed by atoms with Crippen molar-refractivity contribution in [3.8, 4) is 45.6 Å². The highest BCUT2D eigenvalue weighted by atomic mass is 16.6. The molecule has 0 radical (unpaired) electrons. The lowest BCUT2D eigenvalue weighted by Crippen LogP contribution is -2.13. The number of nitrogens with zero attached hydrogens (tertiary/aromatic N) is 1. The summed E-state index contributed by atoms with van der Waals surface area (Å²) in [6, 6.07) is 20.6. The number of ether oxygens (including phenoxy) is 5. The van der Waals surface area contributed by atoms with Crippen LogP contribution < -0.4 is 18.9 Å². The monoisotopic (exact) mass is 489 g/mol. The van der Waals surface area contributed by atoms with E-state index in [1.54, 1.807) is 26.4 Å². The predicted octanol–water partition coefficient (Wildman–Crippen LogP) is 5.47. The van der Waals surface area contributed by atoms with Crippen LogP contribution >= 0.6 is 0 Å². The number of rotatable bonds is 10. The minimum Gasteiger partial charge on any atom is -0.497 e. The number of aromatic nitrogens is 1. The molecule has 0 saturated heterocycles. The molecule has 36 heavy (non-hydrogen) atoms. The number of methoxy groups -OCH3 is 3. The number of aryl methyl sites for hydroxylation is 1. The summed E-state index contributed by atoms with van der Waals surface area (Å²) in [7, 11) is 4.57. The van der Waals surface area contributed by atoms with Crippen molar-refractivity contribution in [1.29, 1.82) is 0 Å². The summed E-state index contributed by atoms with van der Waals surface area (Å²) in [5, 5.41) is 0. The summed E-state index contributed by atoms with van der Waals surface area (Å²) >= 11 is 0. The Balaban J connectivity index is 1.56. The maximum atomic E-state index is 11.3. The van der Waals surface area contributed by atoms with Crippen LogP contribution in [0.1, 0.15) is 11.5 Å². The van der Waals surface area contributed by atoms with Crippen LogP contribution in [0.3, 0.4) is 0 Å². The third-order valence-corrected chi connectivity index (χ3v) is 5.47. The standard InChI is InChI=1S/C28H27NO7/c1-18-15-23(13-14-24(18)35-17-26(30)33-4)34-16-25-29-27(19-5-9-21(31-2)10-6-19)28(36-25)20-7-11-22(32-3)12-8-20/h5-15H,16-17H2,1-4H3. The molecule has 4 aromatic rings. The second-order valence-corrected chi connectivity index (χ2v) is 7.82. The van der Waals surface area contributed by atoms with E-state index in [2.05, 4.69) is 4.74 Å². The highest BCUT2D eigenvalue weighted by Crippen LogP contribution is 2.35. The number of hydrogen-bond donors (Lipinski definition) is 0. The van der Waals surface area contributed by atoms with E-state index in [9.17, 15) is 4.79 Å². The Bertz CT molecular complexity index is 1250. The van der Waals surface area contributed by atoms with Gasteiger partial charge in [0.05, 0.1) is 21.3 Å². The van der Waals surface area contributed by atoms with E-state index >= 15 is 0 Å². The maximum Gasteiger partial charge on any atom is 0.343 e. The smallest absolute Gasteiger partial charge is 0.343 e. The molecule has 0 aliphatic carbocycles. The first-order valence-electron chi connectivity index (χ1n) is 11.2. The maximum absolute atomic E-state index is 11.3. The summed E-state index contributed by atoms with van der Waals surface area (Å²) in [6.45, 7) is 1.84. The molecule has 0 N–H and O–H groups in total. The summed E-state index contributed by atoms with van der Waals surface area (Å²) in [5.41, 5.74) is 3.27. The van der Waals surface area contributed by atoms with E-state index in [1.807, 2.05) is 61.5 Å². The van der Waals surface area contributed by atoms with E-state index in [-0.39, 0.29) is 13.2 Å². The lowest BCUT2D eigenvalue weighted by Gasteiger charge is -2.10. The fraction of sp³-hybridized carbons (Fsp3) is 0.214. The molecule has 0 fully saturated rings. The van der Waals surface area contributed by atoms with Crippen molar-refractivity contribution in [2.75, 3.05) is 27.9 Å². The molecule has 0 spiro atoms. The van der Waals surface area contributed by atoms with Crippen LogP contribution in [-0.2, 0) is 16.1 Å². The van der Waals surface area contributed by atoms with Gasteiger partial charge in [-0.1, -0.05) is 0 Å². The van der Waals surface area contributed by atoms with Crippen molar-refractivity contribution in [2.24, 2.45) is 0 Å². The topological polar surface area (TPSA) is 89.3 Å².